The second-order valence-electron chi connectivity index (χ2n) is 5.85. The molecule has 126 valence electrons. The van der Waals surface area contributed by atoms with Crippen LogP contribution in [0.3, 0.4) is 0 Å². The summed E-state index contributed by atoms with van der Waals surface area (Å²) in [5, 5.41) is 6.02. The molecule has 7 heteroatoms. The van der Waals surface area contributed by atoms with E-state index in [-0.39, 0.29) is 11.9 Å². The minimum atomic E-state index is -0.116. The molecule has 1 amide bonds. The summed E-state index contributed by atoms with van der Waals surface area (Å²) in [6.45, 7) is 0.904. The van der Waals surface area contributed by atoms with Gasteiger partial charge in [-0.3, -0.25) is 4.79 Å². The van der Waals surface area contributed by atoms with Gasteiger partial charge in [0.05, 0.1) is 4.58 Å². The normalized spacial score (nSPS) is 21.3. The maximum atomic E-state index is 12.8. The van der Waals surface area contributed by atoms with E-state index in [9.17, 15) is 4.79 Å². The second kappa shape index (κ2) is 7.37. The summed E-state index contributed by atoms with van der Waals surface area (Å²) < 4.78 is 0.500. The summed E-state index contributed by atoms with van der Waals surface area (Å²) in [5.74, 6) is 2.49. The van der Waals surface area contributed by atoms with Crippen LogP contribution in [0.1, 0.15) is 23.0 Å². The number of thioether (sulfide) groups is 2. The zero-order valence-corrected chi connectivity index (χ0v) is 15.6. The number of benzene rings is 1. The van der Waals surface area contributed by atoms with E-state index in [2.05, 4.69) is 27.3 Å². The molecule has 1 aromatic heterocycles. The number of nitrogens with zero attached hydrogens (tertiary/aromatic N) is 2. The zero-order chi connectivity index (χ0) is 16.4. The Kier molecular flexibility index (Phi) is 5.01. The Morgan fingerprint density at radius 1 is 1.29 bits per heavy atom. The first-order valence-corrected chi connectivity index (χ1v) is 11.1. The Morgan fingerprint density at radius 2 is 2.17 bits per heavy atom. The van der Waals surface area contributed by atoms with Crippen LogP contribution in [0.2, 0.25) is 0 Å². The highest BCUT2D eigenvalue weighted by molar-refractivity contribution is 8.19. The number of anilines is 2. The number of carbonyl (C=O) groups excluding carboxylic acids is 1. The molecule has 2 aromatic rings. The fourth-order valence-corrected chi connectivity index (χ4v) is 6.72. The molecule has 0 bridgehead atoms. The number of hydrogen-bond donors (Lipinski definition) is 1. The van der Waals surface area contributed by atoms with Gasteiger partial charge in [-0.05, 0) is 30.5 Å². The smallest absolute Gasteiger partial charge is 0.247 e. The summed E-state index contributed by atoms with van der Waals surface area (Å²) in [6, 6.07) is 8.18. The Balaban J connectivity index is 1.46. The van der Waals surface area contributed by atoms with E-state index in [1.807, 2.05) is 41.0 Å². The summed E-state index contributed by atoms with van der Waals surface area (Å²) in [5.41, 5.74) is 2.19. The van der Waals surface area contributed by atoms with Crippen molar-refractivity contribution in [3.05, 3.63) is 41.4 Å². The van der Waals surface area contributed by atoms with E-state index >= 15 is 0 Å². The van der Waals surface area contributed by atoms with Gasteiger partial charge in [-0.1, -0.05) is 12.1 Å². The van der Waals surface area contributed by atoms with Crippen LogP contribution in [0, 0.1) is 0 Å². The quantitative estimate of drug-likeness (QED) is 0.864. The Bertz CT molecular complexity index is 701. The van der Waals surface area contributed by atoms with Crippen molar-refractivity contribution in [3.63, 3.8) is 0 Å². The maximum absolute atomic E-state index is 12.8. The van der Waals surface area contributed by atoms with Gasteiger partial charge in [-0.25, -0.2) is 4.98 Å². The van der Waals surface area contributed by atoms with E-state index in [0.717, 1.165) is 30.2 Å². The SMILES string of the molecule is O=C(Nc1cccc(C2SCCS2)c1)C1CCCN1c1nccs1. The lowest BCUT2D eigenvalue weighted by atomic mass is 10.2. The summed E-state index contributed by atoms with van der Waals surface area (Å²) >= 11 is 5.56. The van der Waals surface area contributed by atoms with Gasteiger partial charge in [0.15, 0.2) is 5.13 Å². The standard InChI is InChI=1S/C17H19N3OS3/c21-15(14-5-2-7-20(14)17-18-6-8-24-17)19-13-4-1-3-12(11-13)16-22-9-10-23-16/h1,3-4,6,8,11,14,16H,2,5,7,9-10H2,(H,19,21). The predicted octanol–water partition coefficient (Wildman–Crippen LogP) is 4.23. The second-order valence-corrected chi connectivity index (χ2v) is 9.45. The Hall–Kier alpha value is -1.18. The van der Waals surface area contributed by atoms with Crippen molar-refractivity contribution in [2.75, 3.05) is 28.3 Å². The number of hydrogen-bond acceptors (Lipinski definition) is 6. The van der Waals surface area contributed by atoms with E-state index in [1.165, 1.54) is 17.1 Å². The van der Waals surface area contributed by atoms with Crippen molar-refractivity contribution in [2.45, 2.75) is 23.5 Å². The molecule has 2 aliphatic rings. The van der Waals surface area contributed by atoms with Gasteiger partial charge in [0.25, 0.3) is 0 Å². The molecule has 1 unspecified atom stereocenters. The third kappa shape index (κ3) is 3.43. The first kappa shape index (κ1) is 16.3. The molecule has 0 spiro atoms. The topological polar surface area (TPSA) is 45.2 Å². The van der Waals surface area contributed by atoms with Crippen molar-refractivity contribution >= 4 is 51.6 Å². The number of nitrogens with one attached hydrogen (secondary N) is 1. The molecular weight excluding hydrogens is 358 g/mol. The minimum absolute atomic E-state index is 0.0755. The van der Waals surface area contributed by atoms with E-state index in [0.29, 0.717) is 4.58 Å². The van der Waals surface area contributed by atoms with E-state index in [4.69, 9.17) is 0 Å². The monoisotopic (exact) mass is 377 g/mol. The van der Waals surface area contributed by atoms with Crippen LogP contribution in [-0.2, 0) is 4.79 Å². The highest BCUT2D eigenvalue weighted by Crippen LogP contribution is 2.45. The van der Waals surface area contributed by atoms with Crippen LogP contribution in [-0.4, -0.2) is 35.0 Å². The van der Waals surface area contributed by atoms with Crippen molar-refractivity contribution in [2.24, 2.45) is 0 Å². The molecule has 1 atom stereocenters. The fourth-order valence-electron chi connectivity index (χ4n) is 3.17. The molecule has 0 radical (unpaired) electrons. The molecule has 0 aliphatic carbocycles. The highest BCUT2D eigenvalue weighted by Gasteiger charge is 2.32. The molecule has 2 fully saturated rings. The van der Waals surface area contributed by atoms with Gasteiger partial charge in [-0.15, -0.1) is 34.9 Å². The maximum Gasteiger partial charge on any atom is 0.247 e. The number of thiazole rings is 1. The largest absolute Gasteiger partial charge is 0.336 e. The predicted molar refractivity (Wildman–Crippen MR) is 105 cm³/mol. The fraction of sp³-hybridized carbons (Fsp3) is 0.412. The minimum Gasteiger partial charge on any atom is -0.336 e. The van der Waals surface area contributed by atoms with E-state index in [1.54, 1.807) is 17.5 Å². The lowest BCUT2D eigenvalue weighted by molar-refractivity contribution is -0.117. The van der Waals surface area contributed by atoms with Gasteiger partial charge in [-0.2, -0.15) is 0 Å². The van der Waals surface area contributed by atoms with Crippen molar-refractivity contribution in [3.8, 4) is 0 Å². The molecule has 1 aromatic carbocycles. The van der Waals surface area contributed by atoms with Crippen LogP contribution in [0.15, 0.2) is 35.8 Å². The molecule has 2 saturated heterocycles. The summed E-state index contributed by atoms with van der Waals surface area (Å²) in [4.78, 5) is 19.3. The van der Waals surface area contributed by atoms with Crippen LogP contribution in [0.25, 0.3) is 0 Å². The molecule has 4 rings (SSSR count). The van der Waals surface area contributed by atoms with Crippen molar-refractivity contribution in [1.82, 2.24) is 4.98 Å². The summed E-state index contributed by atoms with van der Waals surface area (Å²) in [7, 11) is 0. The van der Waals surface area contributed by atoms with Gasteiger partial charge in [0, 0.05) is 35.3 Å². The molecule has 4 nitrogen and oxygen atoms in total. The third-order valence-electron chi connectivity index (χ3n) is 4.27. The number of aromatic nitrogens is 1. The van der Waals surface area contributed by atoms with Gasteiger partial charge in [0.2, 0.25) is 5.91 Å². The lowest BCUT2D eigenvalue weighted by Crippen LogP contribution is -2.39. The van der Waals surface area contributed by atoms with Gasteiger partial charge < -0.3 is 10.2 Å². The molecule has 0 saturated carbocycles. The molecule has 1 N–H and O–H groups in total. The highest BCUT2D eigenvalue weighted by atomic mass is 32.2. The van der Waals surface area contributed by atoms with Gasteiger partial charge >= 0.3 is 0 Å². The number of amides is 1. The first-order valence-electron chi connectivity index (χ1n) is 8.11. The average molecular weight is 378 g/mol. The summed E-state index contributed by atoms with van der Waals surface area (Å²) in [6.07, 6.45) is 3.72. The Labute approximate surface area is 154 Å². The number of rotatable bonds is 4. The van der Waals surface area contributed by atoms with Crippen LogP contribution in [0.5, 0.6) is 0 Å². The van der Waals surface area contributed by atoms with Gasteiger partial charge in [0.1, 0.15) is 6.04 Å². The zero-order valence-electron chi connectivity index (χ0n) is 13.2. The third-order valence-corrected chi connectivity index (χ3v) is 8.18. The van der Waals surface area contributed by atoms with Crippen LogP contribution < -0.4 is 10.2 Å². The molecule has 24 heavy (non-hydrogen) atoms. The van der Waals surface area contributed by atoms with E-state index < -0.39 is 0 Å². The van der Waals surface area contributed by atoms with Crippen molar-refractivity contribution < 1.29 is 4.79 Å². The molecule has 3 heterocycles. The van der Waals surface area contributed by atoms with Crippen molar-refractivity contribution in [1.29, 1.82) is 0 Å². The average Bonchev–Trinajstić information content (AvgIpc) is 3.35. The van der Waals surface area contributed by atoms with Crippen LogP contribution in [0.4, 0.5) is 10.8 Å². The first-order chi connectivity index (χ1) is 11.8. The van der Waals surface area contributed by atoms with Crippen LogP contribution >= 0.6 is 34.9 Å². The molecule has 2 aliphatic heterocycles. The number of carbonyl (C=O) groups is 1. The molecular formula is C17H19N3OS3. The lowest BCUT2D eigenvalue weighted by Gasteiger charge is -2.23. The Morgan fingerprint density at radius 3 is 2.96 bits per heavy atom.